The van der Waals surface area contributed by atoms with Crippen molar-refractivity contribution in [2.75, 3.05) is 31.1 Å². The van der Waals surface area contributed by atoms with Crippen molar-refractivity contribution in [3.8, 4) is 6.07 Å². The summed E-state index contributed by atoms with van der Waals surface area (Å²) in [5, 5.41) is 9.95. The minimum absolute atomic E-state index is 0.121. The molecule has 3 aromatic rings. The molecule has 5 rings (SSSR count). The Kier molecular flexibility index (Phi) is 9.03. The first kappa shape index (κ1) is 28.8. The highest BCUT2D eigenvalue weighted by molar-refractivity contribution is 8.26. The van der Waals surface area contributed by atoms with E-state index in [-0.39, 0.29) is 17.0 Å². The first-order valence-electron chi connectivity index (χ1n) is 13.9. The molecule has 0 spiro atoms. The van der Waals surface area contributed by atoms with Gasteiger partial charge in [0.15, 0.2) is 0 Å². The molecule has 210 valence electrons. The Balaban J connectivity index is 1.50. The highest BCUT2D eigenvalue weighted by Crippen LogP contribution is 2.37. The Morgan fingerprint density at radius 3 is 2.15 bits per heavy atom. The van der Waals surface area contributed by atoms with Crippen molar-refractivity contribution in [2.24, 2.45) is 0 Å². The number of anilines is 1. The van der Waals surface area contributed by atoms with Crippen LogP contribution in [0, 0.1) is 18.3 Å². The lowest BCUT2D eigenvalue weighted by atomic mass is 10.0. The molecule has 0 unspecified atom stereocenters. The second-order valence-electron chi connectivity index (χ2n) is 10.3. The summed E-state index contributed by atoms with van der Waals surface area (Å²) in [4.78, 5) is 33.9. The van der Waals surface area contributed by atoms with Crippen molar-refractivity contribution in [3.05, 3.63) is 104 Å². The number of thioether (sulfide) groups is 1. The third-order valence-corrected chi connectivity index (χ3v) is 8.92. The molecule has 2 saturated heterocycles. The number of pyridine rings is 1. The number of hydrogen-bond acceptors (Lipinski definition) is 7. The Bertz CT molecular complexity index is 1570. The van der Waals surface area contributed by atoms with Gasteiger partial charge in [-0.1, -0.05) is 91.6 Å². The van der Waals surface area contributed by atoms with Gasteiger partial charge < -0.3 is 4.90 Å². The first-order valence-corrected chi connectivity index (χ1v) is 15.1. The zero-order valence-corrected chi connectivity index (χ0v) is 25.0. The van der Waals surface area contributed by atoms with Gasteiger partial charge in [-0.15, -0.1) is 0 Å². The van der Waals surface area contributed by atoms with Crippen molar-refractivity contribution < 1.29 is 4.79 Å². The summed E-state index contributed by atoms with van der Waals surface area (Å²) in [5.74, 6) is 0.620. The highest BCUT2D eigenvalue weighted by atomic mass is 32.2. The van der Waals surface area contributed by atoms with E-state index in [2.05, 4.69) is 40.1 Å². The number of carbonyl (C=O) groups excluding carboxylic acids is 1. The Hall–Kier alpha value is -3.71. The third-order valence-electron chi connectivity index (χ3n) is 7.55. The van der Waals surface area contributed by atoms with Gasteiger partial charge in [-0.2, -0.15) is 5.26 Å². The fraction of sp³-hybridized carbons (Fsp3) is 0.312. The summed E-state index contributed by atoms with van der Waals surface area (Å²) in [5.41, 5.74) is 3.46. The molecule has 2 fully saturated rings. The number of piperazine rings is 1. The lowest BCUT2D eigenvalue weighted by Crippen LogP contribution is -2.48. The molecule has 0 aliphatic carbocycles. The van der Waals surface area contributed by atoms with Gasteiger partial charge in [0.05, 0.1) is 11.4 Å². The predicted molar refractivity (Wildman–Crippen MR) is 170 cm³/mol. The van der Waals surface area contributed by atoms with Crippen molar-refractivity contribution in [1.82, 2.24) is 14.4 Å². The number of amides is 1. The monoisotopic (exact) mass is 583 g/mol. The average molecular weight is 584 g/mol. The SMILES string of the molecule is CCCn1c(N2CCN(Cc3ccccc3)CC2)c(/C=C2\SC(=S)N(Cc3ccccc3)C2=O)c(C)c(C#N)c1=O. The minimum Gasteiger partial charge on any atom is -0.355 e. The molecule has 0 radical (unpaired) electrons. The molecule has 1 amide bonds. The van der Waals surface area contributed by atoms with Crippen LogP contribution >= 0.6 is 24.0 Å². The lowest BCUT2D eigenvalue weighted by molar-refractivity contribution is -0.122. The second kappa shape index (κ2) is 12.9. The molecular formula is C32H33N5O2S2. The summed E-state index contributed by atoms with van der Waals surface area (Å²) in [7, 11) is 0. The summed E-state index contributed by atoms with van der Waals surface area (Å²) in [6.45, 7) is 8.74. The number of nitriles is 1. The number of carbonyl (C=O) groups is 1. The predicted octanol–water partition coefficient (Wildman–Crippen LogP) is 5.16. The minimum atomic E-state index is -0.276. The van der Waals surface area contributed by atoms with Gasteiger partial charge in [0.2, 0.25) is 0 Å². The van der Waals surface area contributed by atoms with Gasteiger partial charge in [0.1, 0.15) is 21.8 Å². The summed E-state index contributed by atoms with van der Waals surface area (Å²) in [6, 6.07) is 22.3. The molecule has 0 bridgehead atoms. The lowest BCUT2D eigenvalue weighted by Gasteiger charge is -2.38. The van der Waals surface area contributed by atoms with Crippen molar-refractivity contribution in [1.29, 1.82) is 5.26 Å². The van der Waals surface area contributed by atoms with Crippen molar-refractivity contribution >= 4 is 46.1 Å². The summed E-state index contributed by atoms with van der Waals surface area (Å²) < 4.78 is 2.23. The van der Waals surface area contributed by atoms with Gasteiger partial charge in [-0.25, -0.2) is 0 Å². The molecule has 0 N–H and O–H groups in total. The van der Waals surface area contributed by atoms with Gasteiger partial charge in [-0.05, 0) is 36.1 Å². The standard InChI is InChI=1S/C32H33N5O2S2/c1-3-14-36-29(35-17-15-34(16-18-35)21-24-10-6-4-7-11-24)26(23(2)27(20-33)30(36)38)19-28-31(39)37(32(40)41-28)22-25-12-8-5-9-13-25/h4-13,19H,3,14-18,21-22H2,1-2H3/b28-19-. The van der Waals surface area contributed by atoms with Gasteiger partial charge in [0, 0.05) is 44.8 Å². The van der Waals surface area contributed by atoms with Crippen LogP contribution in [0.2, 0.25) is 0 Å². The fourth-order valence-electron chi connectivity index (χ4n) is 5.41. The molecule has 2 aliphatic heterocycles. The van der Waals surface area contributed by atoms with Crippen LogP contribution in [0.15, 0.2) is 70.4 Å². The quantitative estimate of drug-likeness (QED) is 0.268. The number of benzene rings is 2. The Labute approximate surface area is 250 Å². The molecule has 0 saturated carbocycles. The van der Waals surface area contributed by atoms with E-state index in [0.717, 1.165) is 56.1 Å². The molecule has 0 atom stereocenters. The summed E-state index contributed by atoms with van der Waals surface area (Å²) >= 11 is 6.88. The van der Waals surface area contributed by atoms with Gasteiger partial charge in [0.25, 0.3) is 11.5 Å². The second-order valence-corrected chi connectivity index (χ2v) is 12.0. The Morgan fingerprint density at radius 2 is 1.56 bits per heavy atom. The van der Waals surface area contributed by atoms with E-state index in [4.69, 9.17) is 12.2 Å². The molecule has 41 heavy (non-hydrogen) atoms. The fourth-order valence-corrected chi connectivity index (χ4v) is 6.65. The third kappa shape index (κ3) is 6.15. The van der Waals surface area contributed by atoms with Crippen LogP contribution in [-0.4, -0.2) is 50.8 Å². The van der Waals surface area contributed by atoms with Crippen molar-refractivity contribution in [3.63, 3.8) is 0 Å². The van der Waals surface area contributed by atoms with E-state index in [1.807, 2.05) is 56.3 Å². The van der Waals surface area contributed by atoms with E-state index in [9.17, 15) is 14.9 Å². The van der Waals surface area contributed by atoms with E-state index in [1.54, 1.807) is 9.47 Å². The van der Waals surface area contributed by atoms with Crippen LogP contribution < -0.4 is 10.5 Å². The molecule has 1 aromatic heterocycles. The summed E-state index contributed by atoms with van der Waals surface area (Å²) in [6.07, 6.45) is 2.59. The Morgan fingerprint density at radius 1 is 0.951 bits per heavy atom. The molecule has 2 aromatic carbocycles. The van der Waals surface area contributed by atoms with Crippen LogP contribution in [0.3, 0.4) is 0 Å². The van der Waals surface area contributed by atoms with Crippen molar-refractivity contribution in [2.45, 2.75) is 39.9 Å². The number of thiocarbonyl (C=S) groups is 1. The maximum absolute atomic E-state index is 13.6. The van der Waals surface area contributed by atoms with E-state index < -0.39 is 0 Å². The molecule has 2 aliphatic rings. The van der Waals surface area contributed by atoms with Crippen LogP contribution in [-0.2, 0) is 24.4 Å². The largest absolute Gasteiger partial charge is 0.355 e. The molecule has 9 heteroatoms. The molecule has 7 nitrogen and oxygen atoms in total. The van der Waals surface area contributed by atoms with Gasteiger partial charge >= 0.3 is 0 Å². The molecular weight excluding hydrogens is 551 g/mol. The van der Waals surface area contributed by atoms with E-state index in [0.29, 0.717) is 27.9 Å². The molecule has 3 heterocycles. The normalized spacial score (nSPS) is 17.0. The number of hydrogen-bond donors (Lipinski definition) is 0. The van der Waals surface area contributed by atoms with Crippen LogP contribution in [0.5, 0.6) is 0 Å². The smallest absolute Gasteiger partial charge is 0.270 e. The number of aromatic nitrogens is 1. The topological polar surface area (TPSA) is 72.6 Å². The van der Waals surface area contributed by atoms with E-state index in [1.165, 1.54) is 17.3 Å². The van der Waals surface area contributed by atoms with Crippen LogP contribution in [0.25, 0.3) is 6.08 Å². The van der Waals surface area contributed by atoms with Gasteiger partial charge in [-0.3, -0.25) is 24.0 Å². The average Bonchev–Trinajstić information content (AvgIpc) is 3.25. The maximum atomic E-state index is 13.6. The highest BCUT2D eigenvalue weighted by Gasteiger charge is 2.33. The first-order chi connectivity index (χ1) is 19.9. The zero-order valence-electron chi connectivity index (χ0n) is 23.4. The van der Waals surface area contributed by atoms with Crippen LogP contribution in [0.4, 0.5) is 5.82 Å². The zero-order chi connectivity index (χ0) is 28.9. The van der Waals surface area contributed by atoms with E-state index >= 15 is 0 Å². The van der Waals surface area contributed by atoms with Crippen LogP contribution in [0.1, 0.15) is 41.2 Å². The number of nitrogens with zero attached hydrogens (tertiary/aromatic N) is 5. The maximum Gasteiger partial charge on any atom is 0.270 e. The number of rotatable bonds is 8.